The van der Waals surface area contributed by atoms with Crippen LogP contribution in [0.1, 0.15) is 131 Å². The van der Waals surface area contributed by atoms with E-state index in [0.29, 0.717) is 41.2 Å². The van der Waals surface area contributed by atoms with Gasteiger partial charge >= 0.3 is 0 Å². The molecule has 3 aromatic carbocycles. The fourth-order valence-electron chi connectivity index (χ4n) is 9.18. The molecular weight excluding hydrogens is 846 g/mol. The van der Waals surface area contributed by atoms with Gasteiger partial charge in [-0.25, -0.2) is 12.8 Å². The zero-order chi connectivity index (χ0) is 45.9. The van der Waals surface area contributed by atoms with Gasteiger partial charge in [-0.3, -0.25) is 39.0 Å². The molecule has 338 valence electrons. The number of piperidine rings is 2. The number of carbonyl (C=O) groups is 6. The van der Waals surface area contributed by atoms with E-state index in [0.717, 1.165) is 74.0 Å². The van der Waals surface area contributed by atoms with Gasteiger partial charge in [0.15, 0.2) is 11.5 Å². The smallest absolute Gasteiger partial charge is 0.264 e. The van der Waals surface area contributed by atoms with Crippen molar-refractivity contribution in [2.45, 2.75) is 89.8 Å². The van der Waals surface area contributed by atoms with E-state index >= 15 is 0 Å². The summed E-state index contributed by atoms with van der Waals surface area (Å²) in [5, 5.41) is 4.97. The lowest BCUT2D eigenvalue weighted by Gasteiger charge is -2.33. The van der Waals surface area contributed by atoms with Crippen molar-refractivity contribution >= 4 is 51.0 Å². The van der Waals surface area contributed by atoms with Crippen molar-refractivity contribution in [3.05, 3.63) is 87.2 Å². The summed E-state index contributed by atoms with van der Waals surface area (Å²) >= 11 is 0. The number of fused-ring (bicyclic) bond motifs is 2. The first-order valence-corrected chi connectivity index (χ1v) is 23.6. The predicted octanol–water partition coefficient (Wildman–Crippen LogP) is 5.13. The van der Waals surface area contributed by atoms with E-state index in [1.807, 2.05) is 0 Å². The summed E-state index contributed by atoms with van der Waals surface area (Å²) in [6.07, 6.45) is 6.24. The molecule has 4 aliphatic heterocycles. The Kier molecular flexibility index (Phi) is 13.9. The fourth-order valence-corrected chi connectivity index (χ4v) is 10.1. The van der Waals surface area contributed by atoms with Crippen LogP contribution in [0.4, 0.5) is 10.1 Å². The summed E-state index contributed by atoms with van der Waals surface area (Å²) in [4.78, 5) is 82.8. The lowest BCUT2D eigenvalue weighted by molar-refractivity contribution is -0.137. The number of unbranched alkanes of at least 4 members (excludes halogenated alkanes) is 3. The van der Waals surface area contributed by atoms with Crippen LogP contribution in [0.2, 0.25) is 0 Å². The van der Waals surface area contributed by atoms with Gasteiger partial charge in [-0.1, -0.05) is 24.3 Å². The largest absolute Gasteiger partial charge is 0.493 e. The third-order valence-electron chi connectivity index (χ3n) is 12.2. The number of amides is 6. The lowest BCUT2D eigenvalue weighted by Crippen LogP contribution is -2.52. The van der Waals surface area contributed by atoms with Crippen LogP contribution in [0, 0.1) is 17.7 Å². The molecule has 2 fully saturated rings. The molecule has 0 aliphatic carbocycles. The highest BCUT2D eigenvalue weighted by atomic mass is 32.2. The molecule has 2 atom stereocenters. The first-order valence-electron chi connectivity index (χ1n) is 21.6. The molecule has 6 amide bonds. The van der Waals surface area contributed by atoms with Crippen LogP contribution < -0.4 is 20.1 Å². The van der Waals surface area contributed by atoms with E-state index in [-0.39, 0.29) is 53.9 Å². The number of nitrogens with zero attached hydrogens (tertiary/aromatic N) is 3. The third kappa shape index (κ3) is 9.98. The van der Waals surface area contributed by atoms with Crippen molar-refractivity contribution in [2.75, 3.05) is 50.7 Å². The number of hydrogen-bond acceptors (Lipinski definition) is 11. The Labute approximate surface area is 371 Å². The second kappa shape index (κ2) is 19.3. The highest BCUT2D eigenvalue weighted by Gasteiger charge is 2.44. The minimum atomic E-state index is -3.73. The maximum atomic E-state index is 14.9. The lowest BCUT2D eigenvalue weighted by atomic mass is 9.85. The molecule has 2 N–H and O–H groups in total. The minimum absolute atomic E-state index is 0.00540. The number of likely N-dealkylation sites (tertiary alicyclic amines) is 1. The summed E-state index contributed by atoms with van der Waals surface area (Å²) < 4.78 is 51.3. The number of hydrogen-bond donors (Lipinski definition) is 2. The van der Waals surface area contributed by atoms with Crippen molar-refractivity contribution in [3.63, 3.8) is 0 Å². The maximum absolute atomic E-state index is 14.9. The average Bonchev–Trinajstić information content (AvgIpc) is 3.70. The van der Waals surface area contributed by atoms with Gasteiger partial charge in [0, 0.05) is 43.7 Å². The van der Waals surface area contributed by atoms with Gasteiger partial charge in [-0.2, -0.15) is 0 Å². The third-order valence-corrected chi connectivity index (χ3v) is 13.1. The molecule has 0 bridgehead atoms. The number of ether oxygens (including phenoxy) is 2. The molecule has 2 saturated heterocycles. The SMILES string of the molecule is CCOc1cc(C(CS(C)(=O)=O)N2C(=O)c3cc(C#CCCCCCN4CCC(c5cc(F)cc6c5CN(C5CCC(=O)NC5=O)C6=O)CC4)cc(NC(C)=O)c3C2=O)ccc1OC. The van der Waals surface area contributed by atoms with Crippen molar-refractivity contribution in [1.29, 1.82) is 0 Å². The number of methoxy groups -OCH3 is 1. The molecule has 64 heavy (non-hydrogen) atoms. The number of halogens is 1. The molecule has 17 heteroatoms. The van der Waals surface area contributed by atoms with Gasteiger partial charge in [0.05, 0.1) is 42.3 Å². The van der Waals surface area contributed by atoms with E-state index in [4.69, 9.17) is 9.47 Å². The molecule has 0 saturated carbocycles. The Balaban J connectivity index is 0.951. The van der Waals surface area contributed by atoms with Gasteiger partial charge in [0.2, 0.25) is 17.7 Å². The summed E-state index contributed by atoms with van der Waals surface area (Å²) in [7, 11) is -2.26. The fraction of sp³-hybridized carbons (Fsp3) is 0.447. The summed E-state index contributed by atoms with van der Waals surface area (Å²) in [6.45, 7) is 6.08. The zero-order valence-electron chi connectivity index (χ0n) is 36.4. The van der Waals surface area contributed by atoms with Gasteiger partial charge in [0.1, 0.15) is 21.7 Å². The summed E-state index contributed by atoms with van der Waals surface area (Å²) in [5.41, 5.74) is 2.70. The second-order valence-electron chi connectivity index (χ2n) is 16.7. The van der Waals surface area contributed by atoms with Gasteiger partial charge in [0.25, 0.3) is 17.7 Å². The first-order chi connectivity index (χ1) is 30.6. The van der Waals surface area contributed by atoms with Crippen LogP contribution in [0.25, 0.3) is 0 Å². The standard InChI is InChI=1S/C47H52FN5O10S/c1-5-63-41-23-31(12-14-40(41)62-3)39(27-64(4,60)61)53-46(58)35-21-29(22-37(49-28(2)54)43(35)47(53)59)11-9-7-6-8-10-18-51-19-16-30(17-20-51)33-24-32(48)25-34-36(33)26-52(45(34)57)38-13-15-42(55)50-44(38)56/h12,14,21-25,30,38-39H,5-8,10,13,15-20,26-27H2,1-4H3,(H,49,54)(H,50,55,56). The van der Waals surface area contributed by atoms with Crippen molar-refractivity contribution < 1.29 is 51.0 Å². The molecule has 0 aromatic heterocycles. The van der Waals surface area contributed by atoms with Crippen LogP contribution in [-0.4, -0.2) is 110 Å². The van der Waals surface area contributed by atoms with Crippen LogP contribution in [0.15, 0.2) is 42.5 Å². The van der Waals surface area contributed by atoms with Gasteiger partial charge < -0.3 is 24.6 Å². The highest BCUT2D eigenvalue weighted by molar-refractivity contribution is 7.90. The first kappa shape index (κ1) is 45.9. The Bertz CT molecular complexity index is 2580. The van der Waals surface area contributed by atoms with Crippen molar-refractivity contribution in [1.82, 2.24) is 20.0 Å². The topological polar surface area (TPSA) is 189 Å². The van der Waals surface area contributed by atoms with E-state index in [1.54, 1.807) is 31.2 Å². The monoisotopic (exact) mass is 897 g/mol. The molecule has 7 rings (SSSR count). The molecule has 3 aromatic rings. The van der Waals surface area contributed by atoms with Crippen molar-refractivity contribution in [3.8, 4) is 23.3 Å². The Hall–Kier alpha value is -6.12. The van der Waals surface area contributed by atoms with Crippen molar-refractivity contribution in [2.24, 2.45) is 0 Å². The summed E-state index contributed by atoms with van der Waals surface area (Å²) in [6, 6.07) is 8.58. The molecule has 4 heterocycles. The van der Waals surface area contributed by atoms with Gasteiger partial charge in [-0.15, -0.1) is 0 Å². The Morgan fingerprint density at radius 2 is 1.72 bits per heavy atom. The molecule has 2 unspecified atom stereocenters. The molecular formula is C47H52FN5O10S. The van der Waals surface area contributed by atoms with E-state index in [1.165, 1.54) is 37.1 Å². The number of benzene rings is 3. The van der Waals surface area contributed by atoms with E-state index in [9.17, 15) is 41.6 Å². The van der Waals surface area contributed by atoms with Crippen LogP contribution in [-0.2, 0) is 30.8 Å². The average molecular weight is 898 g/mol. The summed E-state index contributed by atoms with van der Waals surface area (Å²) in [5.74, 6) is 2.83. The maximum Gasteiger partial charge on any atom is 0.264 e. The highest BCUT2D eigenvalue weighted by Crippen LogP contribution is 2.40. The van der Waals surface area contributed by atoms with Crippen LogP contribution >= 0.6 is 0 Å². The van der Waals surface area contributed by atoms with E-state index in [2.05, 4.69) is 27.4 Å². The minimum Gasteiger partial charge on any atom is -0.493 e. The zero-order valence-corrected chi connectivity index (χ0v) is 37.2. The second-order valence-corrected chi connectivity index (χ2v) is 18.9. The quantitative estimate of drug-likeness (QED) is 0.117. The molecule has 0 spiro atoms. The molecule has 15 nitrogen and oxygen atoms in total. The van der Waals surface area contributed by atoms with Gasteiger partial charge in [-0.05, 0) is 118 Å². The Morgan fingerprint density at radius 1 is 0.953 bits per heavy atom. The number of nitrogens with one attached hydrogen (secondary N) is 2. The predicted molar refractivity (Wildman–Crippen MR) is 234 cm³/mol. The number of carbonyl (C=O) groups excluding carboxylic acids is 6. The number of sulfone groups is 1. The molecule has 0 radical (unpaired) electrons. The molecule has 4 aliphatic rings. The normalized spacial score (nSPS) is 18.3. The Morgan fingerprint density at radius 3 is 2.41 bits per heavy atom. The number of anilines is 1. The van der Waals surface area contributed by atoms with E-state index < -0.39 is 57.1 Å². The number of imide groups is 2. The number of rotatable bonds is 15. The van der Waals surface area contributed by atoms with Crippen LogP contribution in [0.3, 0.4) is 0 Å². The van der Waals surface area contributed by atoms with Crippen LogP contribution in [0.5, 0.6) is 11.5 Å².